The van der Waals surface area contributed by atoms with Gasteiger partial charge >= 0.3 is 5.97 Å². The Hall–Kier alpha value is -2.62. The Morgan fingerprint density at radius 1 is 0.800 bits per heavy atom. The highest BCUT2D eigenvalue weighted by Crippen LogP contribution is 2.35. The minimum atomic E-state index is -1.36. The van der Waals surface area contributed by atoms with Gasteiger partial charge in [-0.25, -0.2) is 4.79 Å². The van der Waals surface area contributed by atoms with Gasteiger partial charge in [0.05, 0.1) is 0 Å². The van der Waals surface area contributed by atoms with E-state index in [1.165, 1.54) is 7.11 Å². The maximum atomic E-state index is 13.2. The molecule has 0 aromatic heterocycles. The van der Waals surface area contributed by atoms with Crippen LogP contribution in [0.5, 0.6) is 5.75 Å². The van der Waals surface area contributed by atoms with Crippen molar-refractivity contribution in [2.75, 3.05) is 7.11 Å². The second-order valence-electron chi connectivity index (χ2n) is 5.46. The number of esters is 1. The van der Waals surface area contributed by atoms with Crippen LogP contribution in [0.15, 0.2) is 84.9 Å². The van der Waals surface area contributed by atoms with Gasteiger partial charge in [-0.3, -0.25) is 0 Å². The highest BCUT2D eigenvalue weighted by atomic mass is 35.5. The first-order valence-corrected chi connectivity index (χ1v) is 8.18. The van der Waals surface area contributed by atoms with Crippen molar-refractivity contribution < 1.29 is 14.3 Å². The molecule has 126 valence electrons. The first kappa shape index (κ1) is 17.2. The normalized spacial score (nSPS) is 11.1. The minimum absolute atomic E-state index is 0.405. The highest BCUT2D eigenvalue weighted by molar-refractivity contribution is 6.30. The fourth-order valence-electron chi connectivity index (χ4n) is 2.75. The van der Waals surface area contributed by atoms with E-state index in [0.29, 0.717) is 21.9 Å². The molecule has 0 saturated heterocycles. The lowest BCUT2D eigenvalue weighted by atomic mass is 9.86. The predicted molar refractivity (Wildman–Crippen MR) is 97.8 cm³/mol. The first-order valence-electron chi connectivity index (χ1n) is 7.81. The van der Waals surface area contributed by atoms with Crippen LogP contribution in [-0.4, -0.2) is 13.1 Å². The molecule has 3 aromatic rings. The third kappa shape index (κ3) is 3.43. The van der Waals surface area contributed by atoms with Crippen LogP contribution in [0.2, 0.25) is 5.02 Å². The van der Waals surface area contributed by atoms with Crippen molar-refractivity contribution in [2.24, 2.45) is 0 Å². The van der Waals surface area contributed by atoms with Crippen LogP contribution in [0.3, 0.4) is 0 Å². The number of hydrogen-bond donors (Lipinski definition) is 0. The van der Waals surface area contributed by atoms with Crippen molar-refractivity contribution in [3.63, 3.8) is 0 Å². The van der Waals surface area contributed by atoms with Crippen molar-refractivity contribution in [1.82, 2.24) is 0 Å². The molecule has 0 aliphatic rings. The summed E-state index contributed by atoms with van der Waals surface area (Å²) in [6.07, 6.45) is 0. The molecule has 0 saturated carbocycles. The molecule has 0 spiro atoms. The third-order valence-electron chi connectivity index (χ3n) is 3.98. The topological polar surface area (TPSA) is 35.5 Å². The van der Waals surface area contributed by atoms with Gasteiger partial charge in [-0.1, -0.05) is 72.3 Å². The molecule has 3 aromatic carbocycles. The Bertz CT molecular complexity index is 791. The zero-order valence-electron chi connectivity index (χ0n) is 13.7. The second kappa shape index (κ2) is 7.51. The summed E-state index contributed by atoms with van der Waals surface area (Å²) in [4.78, 5) is 13.2. The second-order valence-corrected chi connectivity index (χ2v) is 5.90. The summed E-state index contributed by atoms with van der Waals surface area (Å²) >= 11 is 5.89. The summed E-state index contributed by atoms with van der Waals surface area (Å²) in [5.41, 5.74) is 0.0348. The Morgan fingerprint density at radius 3 is 1.72 bits per heavy atom. The number of ether oxygens (including phenoxy) is 2. The number of halogens is 1. The summed E-state index contributed by atoms with van der Waals surface area (Å²) in [6.45, 7) is 0. The van der Waals surface area contributed by atoms with E-state index in [4.69, 9.17) is 21.1 Å². The van der Waals surface area contributed by atoms with Gasteiger partial charge in [0, 0.05) is 12.1 Å². The van der Waals surface area contributed by atoms with Gasteiger partial charge in [0.15, 0.2) is 0 Å². The van der Waals surface area contributed by atoms with Crippen LogP contribution in [0, 0.1) is 0 Å². The Kier molecular flexibility index (Phi) is 5.17. The standard InChI is InChI=1S/C21H17ClO3/c1-24-21(16-8-4-2-5-9-16,17-10-6-3-7-11-17)20(23)25-19-14-12-18(22)13-15-19/h2-15H,1H3. The average molecular weight is 353 g/mol. The van der Waals surface area contributed by atoms with E-state index in [9.17, 15) is 4.79 Å². The number of benzene rings is 3. The van der Waals surface area contributed by atoms with Crippen LogP contribution in [0.1, 0.15) is 11.1 Å². The molecule has 0 fully saturated rings. The van der Waals surface area contributed by atoms with E-state index >= 15 is 0 Å². The molecule has 4 heteroatoms. The highest BCUT2D eigenvalue weighted by Gasteiger charge is 2.44. The lowest BCUT2D eigenvalue weighted by molar-refractivity contribution is -0.155. The smallest absolute Gasteiger partial charge is 0.353 e. The van der Waals surface area contributed by atoms with Gasteiger partial charge in [0.2, 0.25) is 5.60 Å². The molecular formula is C21H17ClO3. The van der Waals surface area contributed by atoms with E-state index in [-0.39, 0.29) is 0 Å². The number of carbonyl (C=O) groups is 1. The van der Waals surface area contributed by atoms with Crippen LogP contribution in [0.4, 0.5) is 0 Å². The summed E-state index contributed by atoms with van der Waals surface area (Å²) in [7, 11) is 1.50. The Balaban J connectivity index is 2.07. The average Bonchev–Trinajstić information content (AvgIpc) is 2.66. The fraction of sp³-hybridized carbons (Fsp3) is 0.0952. The van der Waals surface area contributed by atoms with Crippen molar-refractivity contribution in [1.29, 1.82) is 0 Å². The zero-order valence-corrected chi connectivity index (χ0v) is 14.4. The number of hydrogen-bond acceptors (Lipinski definition) is 3. The van der Waals surface area contributed by atoms with Crippen LogP contribution in [0.25, 0.3) is 0 Å². The van der Waals surface area contributed by atoms with Gasteiger partial charge in [0.1, 0.15) is 5.75 Å². The third-order valence-corrected chi connectivity index (χ3v) is 4.23. The maximum Gasteiger partial charge on any atom is 0.353 e. The van der Waals surface area contributed by atoms with Gasteiger partial charge in [-0.2, -0.15) is 0 Å². The molecule has 0 unspecified atom stereocenters. The van der Waals surface area contributed by atoms with E-state index in [0.717, 1.165) is 0 Å². The molecule has 0 N–H and O–H groups in total. The Morgan fingerprint density at radius 2 is 1.28 bits per heavy atom. The minimum Gasteiger partial charge on any atom is -0.424 e. The first-order chi connectivity index (χ1) is 12.2. The molecule has 0 aliphatic heterocycles. The predicted octanol–water partition coefficient (Wildman–Crippen LogP) is 4.84. The van der Waals surface area contributed by atoms with Crippen molar-refractivity contribution in [2.45, 2.75) is 5.60 Å². The lowest BCUT2D eigenvalue weighted by Crippen LogP contribution is -2.42. The Labute approximate surface area is 151 Å². The summed E-state index contributed by atoms with van der Waals surface area (Å²) in [5, 5.41) is 0.573. The summed E-state index contributed by atoms with van der Waals surface area (Å²) in [5.74, 6) is -0.114. The van der Waals surface area contributed by atoms with Crippen LogP contribution < -0.4 is 4.74 Å². The van der Waals surface area contributed by atoms with Crippen molar-refractivity contribution in [3.8, 4) is 5.75 Å². The number of rotatable bonds is 5. The van der Waals surface area contributed by atoms with Gasteiger partial charge in [-0.15, -0.1) is 0 Å². The van der Waals surface area contributed by atoms with E-state index < -0.39 is 11.6 Å². The van der Waals surface area contributed by atoms with Gasteiger partial charge in [0.25, 0.3) is 0 Å². The molecular weight excluding hydrogens is 336 g/mol. The fourth-order valence-corrected chi connectivity index (χ4v) is 2.87. The molecule has 0 atom stereocenters. The molecule has 0 heterocycles. The summed E-state index contributed by atoms with van der Waals surface area (Å²) in [6, 6.07) is 25.3. The number of methoxy groups -OCH3 is 1. The van der Waals surface area contributed by atoms with Gasteiger partial charge in [-0.05, 0) is 35.4 Å². The molecule has 25 heavy (non-hydrogen) atoms. The monoisotopic (exact) mass is 352 g/mol. The van der Waals surface area contributed by atoms with Crippen molar-refractivity contribution in [3.05, 3.63) is 101 Å². The summed E-state index contributed by atoms with van der Waals surface area (Å²) < 4.78 is 11.4. The number of carbonyl (C=O) groups excluding carboxylic acids is 1. The zero-order chi connectivity index (χ0) is 17.7. The molecule has 0 bridgehead atoms. The van der Waals surface area contributed by atoms with Crippen LogP contribution >= 0.6 is 11.6 Å². The molecule has 0 radical (unpaired) electrons. The molecule has 0 aliphatic carbocycles. The van der Waals surface area contributed by atoms with E-state index in [1.54, 1.807) is 24.3 Å². The van der Waals surface area contributed by atoms with Gasteiger partial charge < -0.3 is 9.47 Å². The molecule has 0 amide bonds. The molecule has 3 nitrogen and oxygen atoms in total. The van der Waals surface area contributed by atoms with E-state index in [1.807, 2.05) is 60.7 Å². The molecule has 3 rings (SSSR count). The lowest BCUT2D eigenvalue weighted by Gasteiger charge is -2.31. The van der Waals surface area contributed by atoms with Crippen molar-refractivity contribution >= 4 is 17.6 Å². The van der Waals surface area contributed by atoms with E-state index in [2.05, 4.69) is 0 Å². The largest absolute Gasteiger partial charge is 0.424 e. The maximum absolute atomic E-state index is 13.2. The van der Waals surface area contributed by atoms with Crippen LogP contribution in [-0.2, 0) is 15.1 Å². The SMILES string of the molecule is COC(C(=O)Oc1ccc(Cl)cc1)(c1ccccc1)c1ccccc1. The quantitative estimate of drug-likeness (QED) is 0.487.